The summed E-state index contributed by atoms with van der Waals surface area (Å²) >= 11 is 2.06. The normalized spacial score (nSPS) is 29.9. The Hall–Kier alpha value is -0.700. The standard InChI is InChI=1S/C14H17IO5/c1-9(16)20-11-8-19-14(13(17)12(11)15)18-7-10-5-3-2-4-6-10/h2-6,11-14,17H,7-8H2,1H3/t11-,12+,13-,14+/m1/s1. The molecular formula is C14H17IO5. The van der Waals surface area contributed by atoms with Gasteiger partial charge in [0.25, 0.3) is 0 Å². The van der Waals surface area contributed by atoms with E-state index in [0.29, 0.717) is 6.61 Å². The Bertz CT molecular complexity index is 438. The lowest BCUT2D eigenvalue weighted by molar-refractivity contribution is -0.239. The van der Waals surface area contributed by atoms with Gasteiger partial charge in [0.15, 0.2) is 6.29 Å². The molecule has 0 radical (unpaired) electrons. The van der Waals surface area contributed by atoms with Gasteiger partial charge in [-0.05, 0) is 5.56 Å². The van der Waals surface area contributed by atoms with Crippen molar-refractivity contribution in [1.29, 1.82) is 0 Å². The van der Waals surface area contributed by atoms with Gasteiger partial charge in [0.05, 0.1) is 17.1 Å². The van der Waals surface area contributed by atoms with Gasteiger partial charge in [-0.2, -0.15) is 0 Å². The molecule has 1 aliphatic heterocycles. The molecule has 0 aliphatic carbocycles. The molecule has 0 amide bonds. The molecule has 1 aromatic rings. The number of esters is 1. The molecule has 1 N–H and O–H groups in total. The van der Waals surface area contributed by atoms with Crippen LogP contribution in [0.25, 0.3) is 0 Å². The fourth-order valence-electron chi connectivity index (χ4n) is 1.96. The summed E-state index contributed by atoms with van der Waals surface area (Å²) < 4.78 is 15.9. The molecule has 1 heterocycles. The summed E-state index contributed by atoms with van der Waals surface area (Å²) in [5, 5.41) is 10.1. The van der Waals surface area contributed by atoms with E-state index in [4.69, 9.17) is 14.2 Å². The van der Waals surface area contributed by atoms with Gasteiger partial charge < -0.3 is 19.3 Å². The van der Waals surface area contributed by atoms with Crippen LogP contribution in [0, 0.1) is 0 Å². The molecule has 1 fully saturated rings. The second-order valence-electron chi connectivity index (χ2n) is 4.58. The lowest BCUT2D eigenvalue weighted by atomic mass is 10.1. The van der Waals surface area contributed by atoms with E-state index in [2.05, 4.69) is 22.6 Å². The maximum atomic E-state index is 11.0. The van der Waals surface area contributed by atoms with E-state index in [1.54, 1.807) is 0 Å². The average Bonchev–Trinajstić information content (AvgIpc) is 2.44. The van der Waals surface area contributed by atoms with E-state index >= 15 is 0 Å². The smallest absolute Gasteiger partial charge is 0.303 e. The summed E-state index contributed by atoms with van der Waals surface area (Å²) in [7, 11) is 0. The third-order valence-corrected chi connectivity index (χ3v) is 4.50. The highest BCUT2D eigenvalue weighted by Gasteiger charge is 2.40. The van der Waals surface area contributed by atoms with E-state index in [-0.39, 0.29) is 16.5 Å². The number of alkyl halides is 1. The molecule has 4 atom stereocenters. The predicted molar refractivity (Wildman–Crippen MR) is 80.3 cm³/mol. The minimum Gasteiger partial charge on any atom is -0.459 e. The number of aliphatic hydroxyl groups excluding tert-OH is 1. The largest absolute Gasteiger partial charge is 0.459 e. The van der Waals surface area contributed by atoms with Gasteiger partial charge in [-0.1, -0.05) is 52.9 Å². The molecule has 20 heavy (non-hydrogen) atoms. The zero-order valence-corrected chi connectivity index (χ0v) is 13.2. The van der Waals surface area contributed by atoms with Gasteiger partial charge in [0, 0.05) is 6.92 Å². The van der Waals surface area contributed by atoms with Crippen molar-refractivity contribution < 1.29 is 24.1 Å². The molecule has 0 bridgehead atoms. The Morgan fingerprint density at radius 1 is 1.45 bits per heavy atom. The van der Waals surface area contributed by atoms with Crippen LogP contribution in [0.15, 0.2) is 30.3 Å². The van der Waals surface area contributed by atoms with Crippen molar-refractivity contribution in [1.82, 2.24) is 0 Å². The molecule has 0 aromatic heterocycles. The summed E-state index contributed by atoms with van der Waals surface area (Å²) in [6.45, 7) is 1.93. The molecule has 6 heteroatoms. The van der Waals surface area contributed by atoms with Crippen molar-refractivity contribution >= 4 is 28.6 Å². The molecule has 5 nitrogen and oxygen atoms in total. The van der Waals surface area contributed by atoms with E-state index < -0.39 is 18.5 Å². The van der Waals surface area contributed by atoms with Crippen LogP contribution in [-0.2, 0) is 25.6 Å². The topological polar surface area (TPSA) is 65.0 Å². The maximum absolute atomic E-state index is 11.0. The van der Waals surface area contributed by atoms with E-state index in [1.807, 2.05) is 30.3 Å². The highest BCUT2D eigenvalue weighted by molar-refractivity contribution is 14.1. The third-order valence-electron chi connectivity index (χ3n) is 2.96. The zero-order valence-electron chi connectivity index (χ0n) is 11.1. The lowest BCUT2D eigenvalue weighted by Gasteiger charge is -2.36. The van der Waals surface area contributed by atoms with Gasteiger partial charge in [-0.15, -0.1) is 0 Å². The first-order valence-corrected chi connectivity index (χ1v) is 7.59. The van der Waals surface area contributed by atoms with Crippen LogP contribution in [0.1, 0.15) is 12.5 Å². The molecule has 1 aliphatic rings. The van der Waals surface area contributed by atoms with Crippen LogP contribution >= 0.6 is 22.6 Å². The highest BCUT2D eigenvalue weighted by atomic mass is 127. The molecule has 2 rings (SSSR count). The van der Waals surface area contributed by atoms with Crippen LogP contribution in [-0.4, -0.2) is 40.1 Å². The minimum atomic E-state index is -0.836. The Kier molecular flexibility index (Phi) is 5.76. The minimum absolute atomic E-state index is 0.226. The fraction of sp³-hybridized carbons (Fsp3) is 0.500. The van der Waals surface area contributed by atoms with Crippen molar-refractivity contribution in [2.45, 2.75) is 36.0 Å². The summed E-state index contributed by atoms with van der Waals surface area (Å²) in [5.41, 5.74) is 1.01. The van der Waals surface area contributed by atoms with Gasteiger partial charge in [0.1, 0.15) is 12.2 Å². The van der Waals surface area contributed by atoms with Crippen LogP contribution in [0.2, 0.25) is 0 Å². The molecular weight excluding hydrogens is 375 g/mol. The van der Waals surface area contributed by atoms with Crippen LogP contribution < -0.4 is 0 Å². The quantitative estimate of drug-likeness (QED) is 0.480. The summed E-state index contributed by atoms with van der Waals surface area (Å²) in [5.74, 6) is -0.379. The van der Waals surface area contributed by atoms with E-state index in [0.717, 1.165) is 5.56 Å². The van der Waals surface area contributed by atoms with Gasteiger partial charge >= 0.3 is 5.97 Å². The Balaban J connectivity index is 1.87. The van der Waals surface area contributed by atoms with Gasteiger partial charge in [-0.25, -0.2) is 0 Å². The summed E-state index contributed by atoms with van der Waals surface area (Å²) in [6.07, 6.45) is -1.99. The number of carbonyl (C=O) groups excluding carboxylic acids is 1. The number of carbonyl (C=O) groups is 1. The first-order chi connectivity index (χ1) is 9.58. The number of ether oxygens (including phenoxy) is 3. The van der Waals surface area contributed by atoms with Crippen molar-refractivity contribution in [3.8, 4) is 0 Å². The molecule has 0 unspecified atom stereocenters. The Morgan fingerprint density at radius 3 is 2.80 bits per heavy atom. The number of halogens is 1. The summed E-state index contributed by atoms with van der Waals surface area (Å²) in [4.78, 5) is 11.0. The Labute approximate surface area is 131 Å². The van der Waals surface area contributed by atoms with Crippen LogP contribution in [0.5, 0.6) is 0 Å². The second-order valence-corrected chi connectivity index (χ2v) is 6.02. The molecule has 1 saturated heterocycles. The van der Waals surface area contributed by atoms with Gasteiger partial charge in [-0.3, -0.25) is 4.79 Å². The number of hydrogen-bond acceptors (Lipinski definition) is 5. The lowest BCUT2D eigenvalue weighted by Crippen LogP contribution is -2.52. The summed E-state index contributed by atoms with van der Waals surface area (Å²) in [6, 6.07) is 9.67. The maximum Gasteiger partial charge on any atom is 0.303 e. The number of aliphatic hydroxyl groups is 1. The van der Waals surface area contributed by atoms with Crippen molar-refractivity contribution in [2.75, 3.05) is 6.61 Å². The van der Waals surface area contributed by atoms with Crippen LogP contribution in [0.4, 0.5) is 0 Å². The fourth-order valence-corrected chi connectivity index (χ4v) is 2.66. The number of benzene rings is 1. The van der Waals surface area contributed by atoms with E-state index in [1.165, 1.54) is 6.92 Å². The van der Waals surface area contributed by atoms with Crippen molar-refractivity contribution in [2.24, 2.45) is 0 Å². The molecule has 0 spiro atoms. The highest BCUT2D eigenvalue weighted by Crippen LogP contribution is 2.26. The van der Waals surface area contributed by atoms with E-state index in [9.17, 15) is 9.90 Å². The average molecular weight is 392 g/mol. The third kappa shape index (κ3) is 4.15. The van der Waals surface area contributed by atoms with Crippen LogP contribution in [0.3, 0.4) is 0 Å². The van der Waals surface area contributed by atoms with Gasteiger partial charge in [0.2, 0.25) is 0 Å². The molecule has 0 saturated carbocycles. The van der Waals surface area contributed by atoms with Crippen molar-refractivity contribution in [3.05, 3.63) is 35.9 Å². The zero-order chi connectivity index (χ0) is 14.5. The van der Waals surface area contributed by atoms with Crippen molar-refractivity contribution in [3.63, 3.8) is 0 Å². The SMILES string of the molecule is CC(=O)O[C@@H]1CO[C@H](OCc2ccccc2)[C@H](O)[C@H]1I. The first kappa shape index (κ1) is 15.7. The second kappa shape index (κ2) is 7.35. The Morgan fingerprint density at radius 2 is 2.15 bits per heavy atom. The molecule has 1 aromatic carbocycles. The first-order valence-electron chi connectivity index (χ1n) is 6.34. The predicted octanol–water partition coefficient (Wildman–Crippen LogP) is 1.66. The molecule has 110 valence electrons. The number of hydrogen-bond donors (Lipinski definition) is 1. The number of rotatable bonds is 4. The monoisotopic (exact) mass is 392 g/mol.